The van der Waals surface area contributed by atoms with Gasteiger partial charge in [-0.25, -0.2) is 9.79 Å². The molecule has 1 aliphatic carbocycles. The number of carbonyl (C=O) groups excluding carboxylic acids is 4. The van der Waals surface area contributed by atoms with Gasteiger partial charge in [0.2, 0.25) is 11.9 Å². The summed E-state index contributed by atoms with van der Waals surface area (Å²) in [7, 11) is 0. The number of benzene rings is 3. The lowest BCUT2D eigenvalue weighted by atomic mass is 10.1. The monoisotopic (exact) mass is 823 g/mol. The van der Waals surface area contributed by atoms with E-state index in [4.69, 9.17) is 21.1 Å². The quantitative estimate of drug-likeness (QED) is 0.0943. The number of aromatic nitrogens is 3. The van der Waals surface area contributed by atoms with Gasteiger partial charge < -0.3 is 40.7 Å². The van der Waals surface area contributed by atoms with Crippen LogP contribution in [0.2, 0.25) is 5.02 Å². The summed E-state index contributed by atoms with van der Waals surface area (Å²) in [4.78, 5) is 79.7. The Morgan fingerprint density at radius 2 is 1.47 bits per heavy atom. The number of morpholine rings is 1. The number of nitrogens with one attached hydrogen (secondary N) is 4. The van der Waals surface area contributed by atoms with E-state index in [1.54, 1.807) is 17.0 Å². The molecule has 0 unspecified atom stereocenters. The number of alkyl halides is 3. The molecule has 4 aromatic rings. The molecule has 17 nitrogen and oxygen atoms in total. The summed E-state index contributed by atoms with van der Waals surface area (Å²) in [6, 6.07) is 17.6. The number of ether oxygens (including phenoxy) is 2. The van der Waals surface area contributed by atoms with E-state index in [-0.39, 0.29) is 34.7 Å². The summed E-state index contributed by atoms with van der Waals surface area (Å²) < 4.78 is 48.9. The van der Waals surface area contributed by atoms with E-state index in [1.807, 2.05) is 12.1 Å². The van der Waals surface area contributed by atoms with Crippen molar-refractivity contribution in [3.8, 4) is 6.01 Å². The number of carboxylic acid groups (broad SMARTS) is 1. The van der Waals surface area contributed by atoms with Crippen molar-refractivity contribution in [2.24, 2.45) is 4.99 Å². The lowest BCUT2D eigenvalue weighted by Crippen LogP contribution is -2.40. The van der Waals surface area contributed by atoms with E-state index in [0.29, 0.717) is 49.7 Å². The van der Waals surface area contributed by atoms with Gasteiger partial charge in [0.15, 0.2) is 6.61 Å². The molecule has 2 aliphatic rings. The second-order valence-electron chi connectivity index (χ2n) is 12.9. The summed E-state index contributed by atoms with van der Waals surface area (Å²) in [5.41, 5.74) is 0.269. The Morgan fingerprint density at radius 3 is 2.09 bits per heavy atom. The number of anilines is 4. The van der Waals surface area contributed by atoms with Crippen LogP contribution in [0.25, 0.3) is 0 Å². The second kappa shape index (κ2) is 17.6. The number of rotatable bonds is 13. The fourth-order valence-corrected chi connectivity index (χ4v) is 5.65. The fraction of sp³-hybridized carbons (Fsp3) is 0.270. The van der Waals surface area contributed by atoms with Crippen LogP contribution in [0.5, 0.6) is 6.01 Å². The standard InChI is InChI=1S/C37H33ClF3N9O8/c38-24-7-5-23(6-8-24)36(13-14-36)49-34-46-33(47-35(48-34)58-20-37(39,40)41)44-26-9-1-21(2-10-26)28(51)45-27(32(55)56)19-42-29(52)30(53)43-25-11-3-22(4-12-25)31(54)50-15-17-57-18-16-50/h1-12H,13-20H2,(H,42,52)(H,43,53)(H,55,56)(H2,44,46,47,48,49)/b45-27-. The second-order valence-corrected chi connectivity index (χ2v) is 13.3. The van der Waals surface area contributed by atoms with Crippen molar-refractivity contribution in [3.63, 3.8) is 0 Å². The molecule has 6 rings (SSSR count). The van der Waals surface area contributed by atoms with Gasteiger partial charge >= 0.3 is 30.0 Å². The van der Waals surface area contributed by atoms with Crippen LogP contribution >= 0.6 is 11.6 Å². The molecule has 2 heterocycles. The van der Waals surface area contributed by atoms with Gasteiger partial charge in [0.05, 0.1) is 25.3 Å². The molecular formula is C37H33ClF3N9O8. The normalized spacial score (nSPS) is 14.8. The molecular weight excluding hydrogens is 791 g/mol. The predicted molar refractivity (Wildman–Crippen MR) is 201 cm³/mol. The third-order valence-electron chi connectivity index (χ3n) is 8.66. The Morgan fingerprint density at radius 1 is 0.845 bits per heavy atom. The molecule has 0 spiro atoms. The van der Waals surface area contributed by atoms with E-state index in [0.717, 1.165) is 5.56 Å². The Hall–Kier alpha value is -6.67. The topological polar surface area (TPSA) is 226 Å². The van der Waals surface area contributed by atoms with Gasteiger partial charge in [-0.2, -0.15) is 28.1 Å². The zero-order valence-corrected chi connectivity index (χ0v) is 30.9. The molecule has 1 saturated heterocycles. The van der Waals surface area contributed by atoms with E-state index >= 15 is 0 Å². The van der Waals surface area contributed by atoms with Crippen molar-refractivity contribution < 1.29 is 51.7 Å². The lowest BCUT2D eigenvalue weighted by molar-refractivity contribution is -0.154. The molecule has 58 heavy (non-hydrogen) atoms. The van der Waals surface area contributed by atoms with Crippen molar-refractivity contribution >= 4 is 70.2 Å². The molecule has 1 aliphatic heterocycles. The molecule has 0 atom stereocenters. The highest BCUT2D eigenvalue weighted by molar-refractivity contribution is 6.42. The highest BCUT2D eigenvalue weighted by Gasteiger charge is 2.45. The van der Waals surface area contributed by atoms with Gasteiger partial charge in [-0.3, -0.25) is 19.2 Å². The first kappa shape index (κ1) is 41.0. The largest absolute Gasteiger partial charge is 0.477 e. The molecule has 0 radical (unpaired) electrons. The number of aliphatic imine (C=N–C) groups is 1. The average molecular weight is 824 g/mol. The molecule has 0 bridgehead atoms. The maximum Gasteiger partial charge on any atom is 0.422 e. The number of carbonyl (C=O) groups is 5. The van der Waals surface area contributed by atoms with Gasteiger partial charge in [-0.05, 0) is 79.1 Å². The minimum absolute atomic E-state index is 0.0690. The molecule has 2 fully saturated rings. The van der Waals surface area contributed by atoms with Crippen LogP contribution in [0.4, 0.5) is 36.4 Å². The van der Waals surface area contributed by atoms with Crippen LogP contribution < -0.4 is 26.0 Å². The van der Waals surface area contributed by atoms with Crippen molar-refractivity contribution in [2.75, 3.05) is 55.4 Å². The van der Waals surface area contributed by atoms with Crippen LogP contribution in [-0.4, -0.2) is 106 Å². The maximum atomic E-state index is 13.0. The predicted octanol–water partition coefficient (Wildman–Crippen LogP) is 4.20. The molecule has 1 aromatic heterocycles. The zero-order valence-electron chi connectivity index (χ0n) is 30.1. The Labute approximate surface area is 332 Å². The summed E-state index contributed by atoms with van der Waals surface area (Å²) in [6.45, 7) is -0.680. The summed E-state index contributed by atoms with van der Waals surface area (Å²) in [6.07, 6.45) is -3.30. The average Bonchev–Trinajstić information content (AvgIpc) is 3.99. The Balaban J connectivity index is 1.06. The van der Waals surface area contributed by atoms with Gasteiger partial charge in [0, 0.05) is 40.6 Å². The van der Waals surface area contributed by atoms with Crippen LogP contribution in [0.15, 0.2) is 77.8 Å². The summed E-state index contributed by atoms with van der Waals surface area (Å²) >= 11 is 6.02. The third kappa shape index (κ3) is 11.0. The Bertz CT molecular complexity index is 2210. The number of nitrogens with zero attached hydrogens (tertiary/aromatic N) is 5. The van der Waals surface area contributed by atoms with Crippen molar-refractivity contribution in [1.29, 1.82) is 0 Å². The van der Waals surface area contributed by atoms with Crippen LogP contribution in [0.1, 0.15) is 39.1 Å². The number of hydrogen-bond acceptors (Lipinski definition) is 12. The van der Waals surface area contributed by atoms with Gasteiger partial charge in [0.1, 0.15) is 5.71 Å². The van der Waals surface area contributed by atoms with Crippen LogP contribution in [-0.2, 0) is 24.7 Å². The highest BCUT2D eigenvalue weighted by Crippen LogP contribution is 2.48. The molecule has 21 heteroatoms. The minimum Gasteiger partial charge on any atom is -0.477 e. The van der Waals surface area contributed by atoms with Crippen molar-refractivity contribution in [1.82, 2.24) is 25.2 Å². The molecule has 4 amide bonds. The summed E-state index contributed by atoms with van der Waals surface area (Å²) in [5, 5.41) is 20.6. The molecule has 5 N–H and O–H groups in total. The lowest BCUT2D eigenvalue weighted by Gasteiger charge is -2.26. The van der Waals surface area contributed by atoms with Crippen molar-refractivity contribution in [3.05, 3.63) is 94.5 Å². The first-order valence-corrected chi connectivity index (χ1v) is 17.8. The molecule has 302 valence electrons. The highest BCUT2D eigenvalue weighted by atomic mass is 35.5. The van der Waals surface area contributed by atoms with Gasteiger partial charge in [-0.15, -0.1) is 0 Å². The zero-order chi connectivity index (χ0) is 41.5. The number of hydrogen-bond donors (Lipinski definition) is 5. The van der Waals surface area contributed by atoms with Gasteiger partial charge in [-0.1, -0.05) is 23.7 Å². The molecule has 1 saturated carbocycles. The third-order valence-corrected chi connectivity index (χ3v) is 8.91. The first-order chi connectivity index (χ1) is 27.7. The number of carboxylic acids is 1. The van der Waals surface area contributed by atoms with E-state index < -0.39 is 60.3 Å². The Kier molecular flexibility index (Phi) is 12.5. The van der Waals surface area contributed by atoms with E-state index in [2.05, 4.69) is 41.2 Å². The number of amides is 4. The smallest absolute Gasteiger partial charge is 0.422 e. The minimum atomic E-state index is -4.66. The maximum absolute atomic E-state index is 13.0. The van der Waals surface area contributed by atoms with Crippen molar-refractivity contribution in [2.45, 2.75) is 24.6 Å². The number of aliphatic carboxylic acids is 1. The van der Waals surface area contributed by atoms with E-state index in [9.17, 15) is 42.3 Å². The SMILES string of the molecule is O=C(NC/C(=N/C(=O)c1ccc(Nc2nc(NC3(c4ccc(Cl)cc4)CC3)nc(OCC(F)(F)F)n2)cc1)C(=O)O)C(=O)Nc1ccc(C(=O)N2CCOCC2)cc1. The van der Waals surface area contributed by atoms with Gasteiger partial charge in [0.25, 0.3) is 11.8 Å². The fourth-order valence-electron chi connectivity index (χ4n) is 5.53. The number of halogens is 4. The first-order valence-electron chi connectivity index (χ1n) is 17.4. The summed E-state index contributed by atoms with van der Waals surface area (Å²) in [5.74, 6) is -5.47. The van der Waals surface area contributed by atoms with Crippen LogP contribution in [0, 0.1) is 0 Å². The van der Waals surface area contributed by atoms with Crippen LogP contribution in [0.3, 0.4) is 0 Å². The van der Waals surface area contributed by atoms with E-state index in [1.165, 1.54) is 48.5 Å². The molecule has 3 aromatic carbocycles.